The van der Waals surface area contributed by atoms with E-state index in [0.717, 1.165) is 11.4 Å². The first-order chi connectivity index (χ1) is 9.22. The molecule has 0 bridgehead atoms. The molecule has 0 saturated heterocycles. The number of aryl methyl sites for hydroxylation is 1. The Morgan fingerprint density at radius 3 is 2.68 bits per heavy atom. The van der Waals surface area contributed by atoms with E-state index in [1.165, 1.54) is 0 Å². The topological polar surface area (TPSA) is 59.0 Å². The molecule has 0 aliphatic carbocycles. The molecule has 0 unspecified atom stereocenters. The van der Waals surface area contributed by atoms with Crippen LogP contribution in [0.15, 0.2) is 42.7 Å². The Balaban J connectivity index is 2.29. The summed E-state index contributed by atoms with van der Waals surface area (Å²) in [7, 11) is 3.67. The molecule has 1 heterocycles. The summed E-state index contributed by atoms with van der Waals surface area (Å²) in [6.45, 7) is 0.285. The van der Waals surface area contributed by atoms with Gasteiger partial charge in [0.2, 0.25) is 5.91 Å². The molecule has 0 spiro atoms. The molecule has 0 fully saturated rings. The molecule has 0 radical (unpaired) electrons. The number of nitrogens with zero attached hydrogens (tertiary/aromatic N) is 2. The Kier molecular flexibility index (Phi) is 4.30. The van der Waals surface area contributed by atoms with Crippen molar-refractivity contribution >= 4 is 5.91 Å². The average molecular weight is 258 g/mol. The monoisotopic (exact) mass is 258 g/mol. The maximum Gasteiger partial charge on any atom is 0.234 e. The van der Waals surface area contributed by atoms with Crippen molar-refractivity contribution in [1.82, 2.24) is 20.2 Å². The predicted octanol–water partition coefficient (Wildman–Crippen LogP) is 0.845. The van der Waals surface area contributed by atoms with Crippen LogP contribution in [-0.4, -0.2) is 29.1 Å². The summed E-state index contributed by atoms with van der Waals surface area (Å²) in [6, 6.07) is 9.60. The molecule has 0 saturated carbocycles. The van der Waals surface area contributed by atoms with Crippen LogP contribution in [0.5, 0.6) is 0 Å². The number of hydrogen-bond acceptors (Lipinski definition) is 3. The molecule has 2 aromatic rings. The van der Waals surface area contributed by atoms with Gasteiger partial charge in [-0.2, -0.15) is 0 Å². The fraction of sp³-hybridized carbons (Fsp3) is 0.286. The molecule has 5 heteroatoms. The first-order valence-corrected chi connectivity index (χ1v) is 6.18. The molecule has 2 N–H and O–H groups in total. The van der Waals surface area contributed by atoms with Crippen molar-refractivity contribution in [2.24, 2.45) is 7.05 Å². The molecule has 2 rings (SSSR count). The van der Waals surface area contributed by atoms with Gasteiger partial charge in [0.1, 0.15) is 11.9 Å². The number of rotatable bonds is 5. The molecule has 1 aromatic carbocycles. The molecule has 1 aromatic heterocycles. The van der Waals surface area contributed by atoms with Gasteiger partial charge in [-0.05, 0) is 12.6 Å². The summed E-state index contributed by atoms with van der Waals surface area (Å²) in [5, 5.41) is 5.84. The standard InChI is InChI=1S/C14H18N4O/c1-15-10-12(19)17-13(11-6-4-3-5-7-11)14-16-8-9-18(14)2/h3-9,13,15H,10H2,1-2H3,(H,17,19)/t13-/m0/s1. The fourth-order valence-electron chi connectivity index (χ4n) is 1.97. The van der Waals surface area contributed by atoms with Crippen LogP contribution in [-0.2, 0) is 11.8 Å². The highest BCUT2D eigenvalue weighted by Gasteiger charge is 2.19. The number of imidazole rings is 1. The Labute approximate surface area is 112 Å². The summed E-state index contributed by atoms with van der Waals surface area (Å²) in [4.78, 5) is 16.2. The zero-order valence-corrected chi connectivity index (χ0v) is 11.1. The average Bonchev–Trinajstić information content (AvgIpc) is 2.83. The third-order valence-corrected chi connectivity index (χ3v) is 2.89. The highest BCUT2D eigenvalue weighted by Crippen LogP contribution is 2.19. The Hall–Kier alpha value is -2.14. The number of likely N-dealkylation sites (N-methyl/N-ethyl adjacent to an activating group) is 1. The lowest BCUT2D eigenvalue weighted by molar-refractivity contribution is -0.120. The first kappa shape index (κ1) is 13.3. The summed E-state index contributed by atoms with van der Waals surface area (Å²) < 4.78 is 1.91. The molecule has 19 heavy (non-hydrogen) atoms. The quantitative estimate of drug-likeness (QED) is 0.835. The van der Waals surface area contributed by atoms with E-state index >= 15 is 0 Å². The summed E-state index contributed by atoms with van der Waals surface area (Å²) in [6.07, 6.45) is 3.60. The van der Waals surface area contributed by atoms with Gasteiger partial charge in [-0.15, -0.1) is 0 Å². The molecular formula is C14H18N4O. The van der Waals surface area contributed by atoms with Crippen LogP contribution in [0.3, 0.4) is 0 Å². The predicted molar refractivity (Wildman–Crippen MR) is 73.6 cm³/mol. The largest absolute Gasteiger partial charge is 0.341 e. The second-order valence-electron chi connectivity index (χ2n) is 4.34. The van der Waals surface area contributed by atoms with Crippen LogP contribution in [0.2, 0.25) is 0 Å². The lowest BCUT2D eigenvalue weighted by Crippen LogP contribution is -2.36. The van der Waals surface area contributed by atoms with Crippen molar-refractivity contribution in [1.29, 1.82) is 0 Å². The SMILES string of the molecule is CNCC(=O)N[C@@H](c1ccccc1)c1nccn1C. The van der Waals surface area contributed by atoms with Crippen molar-refractivity contribution in [3.63, 3.8) is 0 Å². The van der Waals surface area contributed by atoms with Gasteiger partial charge in [0, 0.05) is 19.4 Å². The van der Waals surface area contributed by atoms with Crippen LogP contribution in [0, 0.1) is 0 Å². The fourth-order valence-corrected chi connectivity index (χ4v) is 1.97. The van der Waals surface area contributed by atoms with Gasteiger partial charge in [-0.1, -0.05) is 30.3 Å². The summed E-state index contributed by atoms with van der Waals surface area (Å²) in [5.74, 6) is 0.759. The molecule has 1 amide bonds. The van der Waals surface area contributed by atoms with Crippen molar-refractivity contribution in [3.05, 3.63) is 54.1 Å². The zero-order valence-electron chi connectivity index (χ0n) is 11.1. The number of carbonyl (C=O) groups is 1. The molecule has 5 nitrogen and oxygen atoms in total. The molecule has 100 valence electrons. The maximum atomic E-state index is 11.8. The summed E-state index contributed by atoms with van der Waals surface area (Å²) in [5.41, 5.74) is 1.02. The van der Waals surface area contributed by atoms with Gasteiger partial charge in [0.15, 0.2) is 0 Å². The Morgan fingerprint density at radius 1 is 1.37 bits per heavy atom. The van der Waals surface area contributed by atoms with Crippen molar-refractivity contribution in [2.45, 2.75) is 6.04 Å². The normalized spacial score (nSPS) is 12.1. The summed E-state index contributed by atoms with van der Waals surface area (Å²) >= 11 is 0. The van der Waals surface area contributed by atoms with E-state index in [-0.39, 0.29) is 18.5 Å². The van der Waals surface area contributed by atoms with Gasteiger partial charge in [0.05, 0.1) is 6.54 Å². The zero-order chi connectivity index (χ0) is 13.7. The van der Waals surface area contributed by atoms with Crippen LogP contribution < -0.4 is 10.6 Å². The van der Waals surface area contributed by atoms with Gasteiger partial charge in [-0.3, -0.25) is 4.79 Å². The Morgan fingerprint density at radius 2 is 2.11 bits per heavy atom. The van der Waals surface area contributed by atoms with Gasteiger partial charge >= 0.3 is 0 Å². The minimum Gasteiger partial charge on any atom is -0.341 e. The smallest absolute Gasteiger partial charge is 0.234 e. The van der Waals surface area contributed by atoms with Crippen LogP contribution in [0.1, 0.15) is 17.4 Å². The molecular weight excluding hydrogens is 240 g/mol. The molecule has 0 aliphatic rings. The number of aromatic nitrogens is 2. The van der Waals surface area contributed by atoms with Crippen LogP contribution in [0.25, 0.3) is 0 Å². The van der Waals surface area contributed by atoms with Crippen LogP contribution in [0.4, 0.5) is 0 Å². The Bertz CT molecular complexity index is 535. The van der Waals surface area contributed by atoms with E-state index in [9.17, 15) is 4.79 Å². The number of carbonyl (C=O) groups excluding carboxylic acids is 1. The highest BCUT2D eigenvalue weighted by molar-refractivity contribution is 5.78. The van der Waals surface area contributed by atoms with E-state index < -0.39 is 0 Å². The minimum atomic E-state index is -0.234. The van der Waals surface area contributed by atoms with Crippen molar-refractivity contribution < 1.29 is 4.79 Å². The van der Waals surface area contributed by atoms with Crippen LogP contribution >= 0.6 is 0 Å². The third kappa shape index (κ3) is 3.20. The van der Waals surface area contributed by atoms with E-state index in [1.807, 2.05) is 48.1 Å². The first-order valence-electron chi connectivity index (χ1n) is 6.18. The number of hydrogen-bond donors (Lipinski definition) is 2. The maximum absolute atomic E-state index is 11.8. The van der Waals surface area contributed by atoms with E-state index in [2.05, 4.69) is 15.6 Å². The van der Waals surface area contributed by atoms with Gasteiger partial charge in [0.25, 0.3) is 0 Å². The highest BCUT2D eigenvalue weighted by atomic mass is 16.2. The number of benzene rings is 1. The van der Waals surface area contributed by atoms with E-state index in [1.54, 1.807) is 13.2 Å². The number of nitrogens with one attached hydrogen (secondary N) is 2. The molecule has 1 atom stereocenters. The van der Waals surface area contributed by atoms with Crippen molar-refractivity contribution in [3.8, 4) is 0 Å². The van der Waals surface area contributed by atoms with Crippen molar-refractivity contribution in [2.75, 3.05) is 13.6 Å². The second-order valence-corrected chi connectivity index (χ2v) is 4.34. The lowest BCUT2D eigenvalue weighted by Gasteiger charge is -2.19. The minimum absolute atomic E-state index is 0.0562. The molecule has 0 aliphatic heterocycles. The van der Waals surface area contributed by atoms with Gasteiger partial charge in [-0.25, -0.2) is 4.98 Å². The lowest BCUT2D eigenvalue weighted by atomic mass is 10.1. The second kappa shape index (κ2) is 6.15. The third-order valence-electron chi connectivity index (χ3n) is 2.89. The van der Waals surface area contributed by atoms with Gasteiger partial charge < -0.3 is 15.2 Å². The van der Waals surface area contributed by atoms with E-state index in [4.69, 9.17) is 0 Å². The van der Waals surface area contributed by atoms with E-state index in [0.29, 0.717) is 0 Å². The number of amides is 1.